The molecule has 0 saturated carbocycles. The van der Waals surface area contributed by atoms with Gasteiger partial charge in [-0.3, -0.25) is 0 Å². The lowest BCUT2D eigenvalue weighted by Gasteiger charge is -2.07. The Morgan fingerprint density at radius 2 is 0.842 bits per heavy atom. The Balaban J connectivity index is 1.89. The van der Waals surface area contributed by atoms with Gasteiger partial charge in [0.2, 0.25) is 0 Å². The third-order valence-electron chi connectivity index (χ3n) is 6.98. The lowest BCUT2D eigenvalue weighted by molar-refractivity contribution is 0.0484. The molecule has 1 aromatic rings. The molecule has 1 aromatic carbocycles. The third-order valence-corrected chi connectivity index (χ3v) is 6.98. The summed E-state index contributed by atoms with van der Waals surface area (Å²) in [4.78, 5) is 24.1. The number of rotatable bonds is 25. The van der Waals surface area contributed by atoms with Crippen LogP contribution >= 0.6 is 0 Å². The topological polar surface area (TPSA) is 52.6 Å². The zero-order chi connectivity index (χ0) is 27.5. The van der Waals surface area contributed by atoms with Crippen molar-refractivity contribution in [1.29, 1.82) is 0 Å². The average molecular weight is 529 g/mol. The van der Waals surface area contributed by atoms with E-state index in [4.69, 9.17) is 9.47 Å². The molecule has 1 rings (SSSR count). The summed E-state index contributed by atoms with van der Waals surface area (Å²) >= 11 is 0. The highest BCUT2D eigenvalue weighted by molar-refractivity contribution is 5.93. The quantitative estimate of drug-likeness (QED) is 0.0719. The van der Waals surface area contributed by atoms with E-state index in [1.54, 1.807) is 24.3 Å². The van der Waals surface area contributed by atoms with Gasteiger partial charge in [0, 0.05) is 0 Å². The van der Waals surface area contributed by atoms with Crippen molar-refractivity contribution in [3.8, 4) is 0 Å². The predicted octanol–water partition coefficient (Wildman–Crippen LogP) is 10.4. The Labute approximate surface area is 234 Å². The van der Waals surface area contributed by atoms with Crippen molar-refractivity contribution in [2.75, 3.05) is 13.2 Å². The minimum Gasteiger partial charge on any atom is -0.462 e. The van der Waals surface area contributed by atoms with Crippen molar-refractivity contribution in [3.05, 3.63) is 47.5 Å². The fraction of sp³-hybridized carbons (Fsp3) is 0.706. The molecule has 0 aromatic heterocycles. The molecule has 0 aliphatic carbocycles. The Kier molecular flexibility index (Phi) is 22.5. The van der Waals surface area contributed by atoms with Gasteiger partial charge in [-0.05, 0) is 62.8 Å². The number of carbonyl (C=O) groups excluding carboxylic acids is 2. The maximum absolute atomic E-state index is 12.2. The second kappa shape index (κ2) is 25.2. The van der Waals surface area contributed by atoms with Gasteiger partial charge in [-0.25, -0.2) is 9.59 Å². The summed E-state index contributed by atoms with van der Waals surface area (Å²) in [5.74, 6) is -0.677. The monoisotopic (exact) mass is 528 g/mol. The number of hydrogen-bond acceptors (Lipinski definition) is 4. The zero-order valence-electron chi connectivity index (χ0n) is 24.7. The molecule has 0 spiro atoms. The molecule has 0 atom stereocenters. The summed E-state index contributed by atoms with van der Waals surface area (Å²) in [6, 6.07) is 6.51. The van der Waals surface area contributed by atoms with Crippen LogP contribution in [0.25, 0.3) is 0 Å². The molecule has 0 radical (unpaired) electrons. The van der Waals surface area contributed by atoms with E-state index >= 15 is 0 Å². The normalized spacial score (nSPS) is 11.2. The van der Waals surface area contributed by atoms with E-state index in [9.17, 15) is 9.59 Å². The van der Waals surface area contributed by atoms with Crippen molar-refractivity contribution >= 4 is 11.9 Å². The largest absolute Gasteiger partial charge is 0.462 e. The van der Waals surface area contributed by atoms with E-state index in [0.717, 1.165) is 25.7 Å². The summed E-state index contributed by atoms with van der Waals surface area (Å²) in [6.45, 7) is 5.20. The number of ether oxygens (including phenoxy) is 2. The zero-order valence-corrected chi connectivity index (χ0v) is 24.7. The highest BCUT2D eigenvalue weighted by Crippen LogP contribution is 2.13. The van der Waals surface area contributed by atoms with E-state index in [1.807, 2.05) is 0 Å². The van der Waals surface area contributed by atoms with Crippen LogP contribution in [-0.2, 0) is 9.47 Å². The maximum Gasteiger partial charge on any atom is 0.338 e. The second-order valence-electron chi connectivity index (χ2n) is 10.6. The predicted molar refractivity (Wildman–Crippen MR) is 160 cm³/mol. The van der Waals surface area contributed by atoms with E-state index in [-0.39, 0.29) is 11.9 Å². The van der Waals surface area contributed by atoms with Gasteiger partial charge in [0.15, 0.2) is 0 Å². The molecular formula is C34H56O4. The van der Waals surface area contributed by atoms with Crippen LogP contribution in [0.5, 0.6) is 0 Å². The first-order valence-corrected chi connectivity index (χ1v) is 15.8. The lowest BCUT2D eigenvalue weighted by Crippen LogP contribution is -2.09. The molecule has 0 N–H and O–H groups in total. The Bertz CT molecular complexity index is 723. The van der Waals surface area contributed by atoms with Crippen LogP contribution in [0.1, 0.15) is 163 Å². The van der Waals surface area contributed by atoms with Crippen LogP contribution in [-0.4, -0.2) is 25.2 Å². The molecule has 0 saturated heterocycles. The number of allylic oxidation sites excluding steroid dienone is 2. The summed E-state index contributed by atoms with van der Waals surface area (Å²) in [5, 5.41) is 0. The van der Waals surface area contributed by atoms with Gasteiger partial charge in [0.1, 0.15) is 0 Å². The summed E-state index contributed by atoms with van der Waals surface area (Å²) in [7, 11) is 0. The van der Waals surface area contributed by atoms with Gasteiger partial charge in [-0.1, -0.05) is 116 Å². The standard InChI is InChI=1S/C34H56O4/c1-3-5-7-8-9-10-11-12-13-14-15-16-17-18-19-20-21-22-23-24-30-38-34(36)32-27-25-31(26-28-32)33(35)37-29-6-4-2/h12-13,25-28H,3-11,14-24,29-30H2,1-2H3/b13-12-. The van der Waals surface area contributed by atoms with E-state index in [0.29, 0.717) is 24.3 Å². The molecule has 38 heavy (non-hydrogen) atoms. The summed E-state index contributed by atoms with van der Waals surface area (Å²) in [6.07, 6.45) is 30.0. The number of unbranched alkanes of at least 4 members (excludes halogenated alkanes) is 17. The first-order valence-electron chi connectivity index (χ1n) is 15.8. The van der Waals surface area contributed by atoms with Gasteiger partial charge >= 0.3 is 11.9 Å². The van der Waals surface area contributed by atoms with Gasteiger partial charge in [0.05, 0.1) is 24.3 Å². The maximum atomic E-state index is 12.2. The number of esters is 2. The minimum absolute atomic E-state index is 0.329. The van der Waals surface area contributed by atoms with Crippen LogP contribution in [0, 0.1) is 0 Å². The Hall–Kier alpha value is -2.10. The van der Waals surface area contributed by atoms with Crippen LogP contribution in [0.4, 0.5) is 0 Å². The SMILES string of the molecule is CCCCCCCC/C=C\CCCCCCCCCCCCOC(=O)c1ccc(C(=O)OCCCC)cc1. The minimum atomic E-state index is -0.347. The highest BCUT2D eigenvalue weighted by Gasteiger charge is 2.10. The molecule has 4 nitrogen and oxygen atoms in total. The van der Waals surface area contributed by atoms with E-state index < -0.39 is 0 Å². The van der Waals surface area contributed by atoms with Gasteiger partial charge in [-0.15, -0.1) is 0 Å². The van der Waals surface area contributed by atoms with Gasteiger partial charge in [-0.2, -0.15) is 0 Å². The number of hydrogen-bond donors (Lipinski definition) is 0. The van der Waals surface area contributed by atoms with Crippen molar-refractivity contribution in [3.63, 3.8) is 0 Å². The van der Waals surface area contributed by atoms with Crippen molar-refractivity contribution in [2.24, 2.45) is 0 Å². The van der Waals surface area contributed by atoms with Crippen molar-refractivity contribution in [2.45, 2.75) is 142 Å². The molecular weight excluding hydrogens is 472 g/mol. The molecule has 0 unspecified atom stereocenters. The van der Waals surface area contributed by atoms with Gasteiger partial charge < -0.3 is 9.47 Å². The fourth-order valence-electron chi connectivity index (χ4n) is 4.44. The molecule has 0 aliphatic heterocycles. The van der Waals surface area contributed by atoms with Gasteiger partial charge in [0.25, 0.3) is 0 Å². The highest BCUT2D eigenvalue weighted by atomic mass is 16.5. The first kappa shape index (κ1) is 33.9. The fourth-order valence-corrected chi connectivity index (χ4v) is 4.44. The number of carbonyl (C=O) groups is 2. The molecule has 0 bridgehead atoms. The smallest absolute Gasteiger partial charge is 0.338 e. The molecule has 4 heteroatoms. The van der Waals surface area contributed by atoms with Crippen molar-refractivity contribution < 1.29 is 19.1 Å². The molecule has 0 aliphatic rings. The molecule has 0 fully saturated rings. The molecule has 0 heterocycles. The van der Waals surface area contributed by atoms with Crippen molar-refractivity contribution in [1.82, 2.24) is 0 Å². The second-order valence-corrected chi connectivity index (χ2v) is 10.6. The Morgan fingerprint density at radius 1 is 0.500 bits per heavy atom. The van der Waals surface area contributed by atoms with Crippen LogP contribution in [0.3, 0.4) is 0 Å². The van der Waals surface area contributed by atoms with E-state index in [2.05, 4.69) is 26.0 Å². The average Bonchev–Trinajstić information content (AvgIpc) is 2.94. The van der Waals surface area contributed by atoms with Crippen LogP contribution < -0.4 is 0 Å². The summed E-state index contributed by atoms with van der Waals surface area (Å²) in [5.41, 5.74) is 0.934. The van der Waals surface area contributed by atoms with E-state index in [1.165, 1.54) is 103 Å². The van der Waals surface area contributed by atoms with Crippen LogP contribution in [0.15, 0.2) is 36.4 Å². The number of benzene rings is 1. The first-order chi connectivity index (χ1) is 18.7. The van der Waals surface area contributed by atoms with Crippen LogP contribution in [0.2, 0.25) is 0 Å². The summed E-state index contributed by atoms with van der Waals surface area (Å²) < 4.78 is 10.6. The lowest BCUT2D eigenvalue weighted by atomic mass is 10.1. The third kappa shape index (κ3) is 19.0. The Morgan fingerprint density at radius 3 is 1.26 bits per heavy atom. The molecule has 0 amide bonds. The molecule has 216 valence electrons.